The van der Waals surface area contributed by atoms with E-state index < -0.39 is 17.4 Å². The van der Waals surface area contributed by atoms with Crippen LogP contribution in [0.15, 0.2) is 36.4 Å². The van der Waals surface area contributed by atoms with E-state index in [9.17, 15) is 4.79 Å². The van der Waals surface area contributed by atoms with E-state index in [2.05, 4.69) is 10.2 Å². The van der Waals surface area contributed by atoms with Gasteiger partial charge in [0.05, 0.1) is 28.8 Å². The van der Waals surface area contributed by atoms with Crippen molar-refractivity contribution >= 4 is 40.6 Å². The second-order valence-corrected chi connectivity index (χ2v) is 12.7. The number of ether oxygens (including phenoxy) is 4. The molecule has 8 nitrogen and oxygen atoms in total. The van der Waals surface area contributed by atoms with Crippen molar-refractivity contribution in [1.82, 2.24) is 15.1 Å². The average Bonchev–Trinajstić information content (AvgIpc) is 3.42. The van der Waals surface area contributed by atoms with Gasteiger partial charge in [-0.25, -0.2) is 4.79 Å². The summed E-state index contributed by atoms with van der Waals surface area (Å²) in [5, 5.41) is 11.0. The molecule has 1 aliphatic rings. The Labute approximate surface area is 243 Å². The quantitative estimate of drug-likeness (QED) is 0.277. The lowest BCUT2D eigenvalue weighted by atomic mass is 10.2. The molecule has 1 saturated heterocycles. The molecular weight excluding hydrogens is 561 g/mol. The summed E-state index contributed by atoms with van der Waals surface area (Å²) in [6.07, 6.45) is -0.416. The zero-order valence-electron chi connectivity index (χ0n) is 23.1. The van der Waals surface area contributed by atoms with Crippen LogP contribution in [-0.2, 0) is 9.47 Å². The van der Waals surface area contributed by atoms with Crippen molar-refractivity contribution < 1.29 is 23.7 Å². The summed E-state index contributed by atoms with van der Waals surface area (Å²) >= 11 is 14.4. The minimum absolute atomic E-state index is 0.0258. The highest BCUT2D eigenvalue weighted by molar-refractivity contribution is 7.18. The number of rotatable bonds is 7. The van der Waals surface area contributed by atoms with Crippen molar-refractivity contribution in [3.63, 3.8) is 0 Å². The molecule has 1 aliphatic heterocycles. The number of carbonyl (C=O) groups is 1. The Kier molecular flexibility index (Phi) is 8.66. The highest BCUT2D eigenvalue weighted by atomic mass is 35.5. The number of benzene rings is 2. The lowest BCUT2D eigenvalue weighted by Crippen LogP contribution is -2.51. The fraction of sp³-hybridized carbons (Fsp3) is 0.464. The number of halogens is 2. The third kappa shape index (κ3) is 7.14. The number of amides is 1. The van der Waals surface area contributed by atoms with Gasteiger partial charge in [-0.3, -0.25) is 4.90 Å². The Morgan fingerprint density at radius 1 is 1.13 bits per heavy atom. The molecule has 1 atom stereocenters. The molecule has 1 aromatic heterocycles. The van der Waals surface area contributed by atoms with Crippen molar-refractivity contribution in [2.75, 3.05) is 13.2 Å². The van der Waals surface area contributed by atoms with Gasteiger partial charge in [0.25, 0.3) is 0 Å². The zero-order chi connectivity index (χ0) is 28.5. The van der Waals surface area contributed by atoms with Crippen LogP contribution in [0.5, 0.6) is 11.5 Å². The third-order valence-electron chi connectivity index (χ3n) is 5.74. The molecule has 3 aromatic rings. The van der Waals surface area contributed by atoms with Crippen molar-refractivity contribution in [2.24, 2.45) is 0 Å². The smallest absolute Gasteiger partial charge is 0.413 e. The van der Waals surface area contributed by atoms with Gasteiger partial charge in [0.2, 0.25) is 0 Å². The lowest BCUT2D eigenvalue weighted by Gasteiger charge is -2.35. The molecule has 1 fully saturated rings. The second kappa shape index (κ2) is 11.5. The van der Waals surface area contributed by atoms with Crippen LogP contribution in [0.2, 0.25) is 10.0 Å². The van der Waals surface area contributed by atoms with Crippen LogP contribution in [0, 0.1) is 0 Å². The Hall–Kier alpha value is -2.59. The number of hydrogen-bond acceptors (Lipinski definition) is 8. The highest BCUT2D eigenvalue weighted by Crippen LogP contribution is 2.38. The molecule has 0 N–H and O–H groups in total. The van der Waals surface area contributed by atoms with E-state index >= 15 is 0 Å². The molecule has 0 radical (unpaired) electrons. The van der Waals surface area contributed by atoms with Crippen molar-refractivity contribution in [1.29, 1.82) is 0 Å². The van der Waals surface area contributed by atoms with E-state index in [1.807, 2.05) is 78.8 Å². The summed E-state index contributed by atoms with van der Waals surface area (Å²) in [6, 6.07) is 10.6. The first-order valence-electron chi connectivity index (χ1n) is 12.6. The SMILES string of the molecule is CC(C)Oc1ccc(-c2nnc(-c3ccc(OC[C@H]4COC(C)(C)N4C(=O)OC(C)(C)C)cc3Cl)s2)cc1Cl. The molecule has 39 heavy (non-hydrogen) atoms. The maximum absolute atomic E-state index is 12.9. The van der Waals surface area contributed by atoms with E-state index in [1.54, 1.807) is 11.0 Å². The maximum atomic E-state index is 12.9. The molecule has 0 aliphatic carbocycles. The van der Waals surface area contributed by atoms with Gasteiger partial charge in [-0.05, 0) is 84.9 Å². The second-order valence-electron chi connectivity index (χ2n) is 10.9. The van der Waals surface area contributed by atoms with Crippen LogP contribution in [0.1, 0.15) is 48.5 Å². The largest absolute Gasteiger partial charge is 0.491 e. The third-order valence-corrected chi connectivity index (χ3v) is 7.36. The van der Waals surface area contributed by atoms with Gasteiger partial charge >= 0.3 is 6.09 Å². The van der Waals surface area contributed by atoms with Crippen LogP contribution in [0.3, 0.4) is 0 Å². The van der Waals surface area contributed by atoms with Gasteiger partial charge in [-0.1, -0.05) is 34.5 Å². The first kappa shape index (κ1) is 29.4. The topological polar surface area (TPSA) is 83.0 Å². The number of hydrogen-bond donors (Lipinski definition) is 0. The summed E-state index contributed by atoms with van der Waals surface area (Å²) in [7, 11) is 0. The van der Waals surface area contributed by atoms with E-state index in [-0.39, 0.29) is 18.8 Å². The molecule has 0 spiro atoms. The predicted molar refractivity (Wildman–Crippen MR) is 154 cm³/mol. The molecular formula is C28H33Cl2N3O5S. The molecule has 210 valence electrons. The summed E-state index contributed by atoms with van der Waals surface area (Å²) in [5.41, 5.74) is 0.151. The van der Waals surface area contributed by atoms with Gasteiger partial charge in [0.1, 0.15) is 39.4 Å². The van der Waals surface area contributed by atoms with Crippen molar-refractivity contribution in [3.05, 3.63) is 46.4 Å². The minimum Gasteiger partial charge on any atom is -0.491 e. The van der Waals surface area contributed by atoms with Gasteiger partial charge in [-0.2, -0.15) is 0 Å². The molecule has 0 unspecified atom stereocenters. The molecule has 2 heterocycles. The van der Waals surface area contributed by atoms with Crippen molar-refractivity contribution in [3.8, 4) is 32.6 Å². The predicted octanol–water partition coefficient (Wildman–Crippen LogP) is 7.72. The Morgan fingerprint density at radius 2 is 1.85 bits per heavy atom. The van der Waals surface area contributed by atoms with Gasteiger partial charge < -0.3 is 18.9 Å². The van der Waals surface area contributed by atoms with Crippen LogP contribution in [0.4, 0.5) is 4.79 Å². The molecule has 1 amide bonds. The van der Waals surface area contributed by atoms with Gasteiger partial charge in [0.15, 0.2) is 0 Å². The summed E-state index contributed by atoms with van der Waals surface area (Å²) in [4.78, 5) is 14.4. The summed E-state index contributed by atoms with van der Waals surface area (Å²) in [6.45, 7) is 13.6. The van der Waals surface area contributed by atoms with Crippen LogP contribution in [0.25, 0.3) is 21.1 Å². The number of aromatic nitrogens is 2. The van der Waals surface area contributed by atoms with Gasteiger partial charge in [-0.15, -0.1) is 10.2 Å². The van der Waals surface area contributed by atoms with Crippen LogP contribution in [-0.4, -0.2) is 57.9 Å². The molecule has 4 rings (SSSR count). The number of nitrogens with zero attached hydrogens (tertiary/aromatic N) is 3. The van der Waals surface area contributed by atoms with E-state index in [1.165, 1.54) is 11.3 Å². The summed E-state index contributed by atoms with van der Waals surface area (Å²) in [5.74, 6) is 1.19. The maximum Gasteiger partial charge on any atom is 0.413 e. The lowest BCUT2D eigenvalue weighted by molar-refractivity contribution is -0.0637. The fourth-order valence-corrected chi connectivity index (χ4v) is 5.49. The molecule has 2 aromatic carbocycles. The zero-order valence-corrected chi connectivity index (χ0v) is 25.4. The summed E-state index contributed by atoms with van der Waals surface area (Å²) < 4.78 is 23.2. The van der Waals surface area contributed by atoms with Gasteiger partial charge in [0, 0.05) is 11.1 Å². The first-order chi connectivity index (χ1) is 18.2. The Balaban J connectivity index is 1.45. The molecule has 0 bridgehead atoms. The van der Waals surface area contributed by atoms with Crippen LogP contribution >= 0.6 is 34.5 Å². The molecule has 0 saturated carbocycles. The Bertz CT molecular complexity index is 1340. The van der Waals surface area contributed by atoms with E-state index in [0.717, 1.165) is 11.1 Å². The van der Waals surface area contributed by atoms with Crippen LogP contribution < -0.4 is 9.47 Å². The fourth-order valence-electron chi connectivity index (χ4n) is 4.07. The Morgan fingerprint density at radius 3 is 2.49 bits per heavy atom. The molecule has 11 heteroatoms. The highest BCUT2D eigenvalue weighted by Gasteiger charge is 2.46. The minimum atomic E-state index is -0.806. The standard InChI is InChI=1S/C28H33Cl2N3O5S/c1-16(2)37-23-11-8-17(12-22(23)30)24-31-32-25(39-24)20-10-9-19(13-21(20)29)35-14-18-15-36-28(6,7)33(18)26(34)38-27(3,4)5/h8-13,16,18H,14-15H2,1-7H3/t18-/m0/s1. The van der Waals surface area contributed by atoms with E-state index in [0.29, 0.717) is 38.2 Å². The van der Waals surface area contributed by atoms with E-state index in [4.69, 9.17) is 42.1 Å². The monoisotopic (exact) mass is 593 g/mol. The average molecular weight is 595 g/mol. The first-order valence-corrected chi connectivity index (χ1v) is 14.2. The number of carbonyl (C=O) groups excluding carboxylic acids is 1. The normalized spacial score (nSPS) is 17.0. The van der Waals surface area contributed by atoms with Crippen molar-refractivity contribution in [2.45, 2.75) is 71.9 Å².